The maximum absolute atomic E-state index is 12.6. The van der Waals surface area contributed by atoms with Gasteiger partial charge in [-0.05, 0) is 72.1 Å². The summed E-state index contributed by atoms with van der Waals surface area (Å²) in [6.45, 7) is 5.30. The van der Waals surface area contributed by atoms with Crippen LogP contribution in [0.4, 0.5) is 0 Å². The first kappa shape index (κ1) is 50.8. The fourth-order valence-corrected chi connectivity index (χ4v) is 5.08. The Hall–Kier alpha value is -4.17. The summed E-state index contributed by atoms with van der Waals surface area (Å²) in [5, 5.41) is 57.0. The number of aliphatic hydroxyl groups excluding tert-OH is 2. The van der Waals surface area contributed by atoms with Gasteiger partial charge in [0.15, 0.2) is 0 Å². The van der Waals surface area contributed by atoms with E-state index < -0.39 is 59.5 Å². The number of esters is 1. The van der Waals surface area contributed by atoms with Crippen molar-refractivity contribution < 1.29 is 81.2 Å². The minimum atomic E-state index is -1.05. The van der Waals surface area contributed by atoms with Gasteiger partial charge in [0.2, 0.25) is 17.7 Å². The molecular weight excluding hydrogens is 768 g/mol. The summed E-state index contributed by atoms with van der Waals surface area (Å²) in [5.41, 5.74) is 1.64. The number of hydrogen-bond donors (Lipinski definition) is 8. The Morgan fingerprint density at radius 1 is 0.691 bits per heavy atom. The Bertz CT molecular complexity index is 1410. The van der Waals surface area contributed by atoms with Crippen LogP contribution in [0.5, 0.6) is 0 Å². The number of ether oxygens (including phenoxy) is 1. The first-order valence-electron chi connectivity index (χ1n) is 17.8. The van der Waals surface area contributed by atoms with Crippen LogP contribution in [0.25, 0.3) is 0 Å². The Labute approximate surface area is 331 Å². The average Bonchev–Trinajstić information content (AvgIpc) is 3.09. The van der Waals surface area contributed by atoms with Crippen LogP contribution in [-0.2, 0) is 55.4 Å². The van der Waals surface area contributed by atoms with E-state index in [0.717, 1.165) is 6.08 Å². The molecule has 1 saturated heterocycles. The summed E-state index contributed by atoms with van der Waals surface area (Å²) in [5.74, 6) is -4.25. The zero-order valence-electron chi connectivity index (χ0n) is 31.8. The molecule has 1 aliphatic heterocycles. The van der Waals surface area contributed by atoms with Crippen LogP contribution in [0.2, 0.25) is 0 Å². The monoisotopic (exact) mass is 824 g/mol. The van der Waals surface area contributed by atoms with Gasteiger partial charge in [0.05, 0.1) is 6.61 Å². The van der Waals surface area contributed by atoms with Gasteiger partial charge in [-0.3, -0.25) is 44.4 Å². The number of hydrogen-bond acceptors (Lipinski definition) is 13. The zero-order valence-corrected chi connectivity index (χ0v) is 32.9. The average molecular weight is 825 g/mol. The van der Waals surface area contributed by atoms with Crippen molar-refractivity contribution in [3.63, 3.8) is 0 Å². The van der Waals surface area contributed by atoms with E-state index in [2.05, 4.69) is 16.0 Å². The normalized spacial score (nSPS) is 16.6. The molecule has 55 heavy (non-hydrogen) atoms. The molecule has 312 valence electrons. The van der Waals surface area contributed by atoms with Crippen molar-refractivity contribution in [1.29, 1.82) is 0 Å². The van der Waals surface area contributed by atoms with Crippen LogP contribution >= 0.6 is 0 Å². The fraction of sp³-hybridized carbons (Fsp3) is 0.629. The Kier molecular flexibility index (Phi) is 25.3. The van der Waals surface area contributed by atoms with Gasteiger partial charge in [0, 0.05) is 81.5 Å². The van der Waals surface area contributed by atoms with Crippen molar-refractivity contribution in [3.05, 3.63) is 34.9 Å². The van der Waals surface area contributed by atoms with Crippen molar-refractivity contribution in [3.8, 4) is 0 Å². The van der Waals surface area contributed by atoms with E-state index in [4.69, 9.17) is 14.9 Å². The number of nitrogens with zero attached hydrogens (tertiary/aromatic N) is 3. The SMILES string of the molecule is CC(=O)NC(CCCN(O)C(=O)/C=C(\C)CCO)C(=O)OCCC(C)=CC(=O)N(O)CCCC1NC(=O)C(CCCN(O)C(=O)/C=C(\C)CCO)NC1=O.[Fe]. The first-order chi connectivity index (χ1) is 25.5. The van der Waals surface area contributed by atoms with E-state index in [9.17, 15) is 49.2 Å². The van der Waals surface area contributed by atoms with Crippen LogP contribution < -0.4 is 16.0 Å². The molecule has 0 bridgehead atoms. The summed E-state index contributed by atoms with van der Waals surface area (Å²) in [6, 6.07) is -2.81. The summed E-state index contributed by atoms with van der Waals surface area (Å²) < 4.78 is 5.26. The molecule has 0 aromatic carbocycles. The van der Waals surface area contributed by atoms with Gasteiger partial charge < -0.3 is 30.9 Å². The standard InChI is InChI=1S/C35H56N6O13.Fe/c1-23(11-17-42)20-30(45)39(51)14-5-8-27-33(48)38-28(34(49)37-27)9-6-15-40(52)32(47)22-25(3)13-19-54-35(50)29(36-26(4)44)10-7-16-41(53)31(46)21-24(2)12-18-43;/h20-22,27-29,42-43,51-53H,5-19H2,1-4H3,(H,36,44)(H,37,49)(H,38,48);/b23-20+,24-21+,25-22?;. The third kappa shape index (κ3) is 20.9. The smallest absolute Gasteiger partial charge is 0.328 e. The molecule has 8 N–H and O–H groups in total. The largest absolute Gasteiger partial charge is 0.464 e. The van der Waals surface area contributed by atoms with Crippen LogP contribution in [0.15, 0.2) is 34.9 Å². The second-order valence-electron chi connectivity index (χ2n) is 13.0. The quantitative estimate of drug-likeness (QED) is 0.0210. The molecule has 19 nitrogen and oxygen atoms in total. The molecule has 1 heterocycles. The Morgan fingerprint density at radius 2 is 1.07 bits per heavy atom. The topological polar surface area (TPSA) is 276 Å². The molecule has 1 aliphatic rings. The van der Waals surface area contributed by atoms with Crippen molar-refractivity contribution in [2.45, 2.75) is 104 Å². The summed E-state index contributed by atoms with van der Waals surface area (Å²) in [6.07, 6.45) is 5.09. The third-order valence-electron chi connectivity index (χ3n) is 8.14. The zero-order chi connectivity index (χ0) is 40.8. The first-order valence-corrected chi connectivity index (χ1v) is 17.8. The van der Waals surface area contributed by atoms with E-state index in [0.29, 0.717) is 38.3 Å². The van der Waals surface area contributed by atoms with Gasteiger partial charge in [-0.2, -0.15) is 0 Å². The van der Waals surface area contributed by atoms with Crippen LogP contribution in [0, 0.1) is 0 Å². The molecule has 0 spiro atoms. The summed E-state index contributed by atoms with van der Waals surface area (Å²) in [4.78, 5) is 85.9. The van der Waals surface area contributed by atoms with Gasteiger partial charge in [-0.1, -0.05) is 16.7 Å². The van der Waals surface area contributed by atoms with Gasteiger partial charge in [0.1, 0.15) is 18.1 Å². The number of carbonyl (C=O) groups is 7. The number of hydroxylamine groups is 6. The molecule has 3 atom stereocenters. The second-order valence-corrected chi connectivity index (χ2v) is 13.0. The van der Waals surface area contributed by atoms with Crippen molar-refractivity contribution in [2.75, 3.05) is 39.5 Å². The number of aliphatic hydroxyl groups is 2. The van der Waals surface area contributed by atoms with Crippen LogP contribution in [0.3, 0.4) is 0 Å². The molecular formula is C35H56FeN6O13. The third-order valence-corrected chi connectivity index (χ3v) is 8.14. The molecule has 1 fully saturated rings. The predicted octanol–water partition coefficient (Wildman–Crippen LogP) is 0.00280. The van der Waals surface area contributed by atoms with Crippen molar-refractivity contribution in [1.82, 2.24) is 31.1 Å². The maximum atomic E-state index is 12.6. The van der Waals surface area contributed by atoms with Crippen molar-refractivity contribution in [2.24, 2.45) is 0 Å². The number of amides is 6. The van der Waals surface area contributed by atoms with E-state index in [-0.39, 0.29) is 108 Å². The van der Waals surface area contributed by atoms with Crippen LogP contribution in [0.1, 0.15) is 85.5 Å². The molecule has 6 amide bonds. The molecule has 20 heteroatoms. The number of nitrogens with one attached hydrogen (secondary N) is 3. The molecule has 3 unspecified atom stereocenters. The molecule has 0 saturated carbocycles. The number of rotatable bonds is 24. The number of carbonyl (C=O) groups excluding carboxylic acids is 7. The van der Waals surface area contributed by atoms with Gasteiger partial charge >= 0.3 is 5.97 Å². The van der Waals surface area contributed by atoms with E-state index >= 15 is 0 Å². The van der Waals surface area contributed by atoms with Gasteiger partial charge in [-0.25, -0.2) is 20.0 Å². The van der Waals surface area contributed by atoms with E-state index in [1.165, 1.54) is 19.1 Å². The summed E-state index contributed by atoms with van der Waals surface area (Å²) in [7, 11) is 0. The minimum absolute atomic E-state index is 0. The number of piperazine rings is 1. The minimum Gasteiger partial charge on any atom is -0.464 e. The molecule has 0 aromatic rings. The van der Waals surface area contributed by atoms with Crippen LogP contribution in [-0.4, -0.2) is 140 Å². The fourth-order valence-electron chi connectivity index (χ4n) is 5.08. The van der Waals surface area contributed by atoms with Crippen molar-refractivity contribution >= 4 is 41.4 Å². The molecule has 1 rings (SSSR count). The van der Waals surface area contributed by atoms with Gasteiger partial charge in [0.25, 0.3) is 17.7 Å². The molecule has 0 aromatic heterocycles. The second kappa shape index (κ2) is 27.4. The predicted molar refractivity (Wildman–Crippen MR) is 190 cm³/mol. The summed E-state index contributed by atoms with van der Waals surface area (Å²) >= 11 is 0. The molecule has 0 aliphatic carbocycles. The Morgan fingerprint density at radius 3 is 1.45 bits per heavy atom. The van der Waals surface area contributed by atoms with Gasteiger partial charge in [-0.15, -0.1) is 0 Å². The maximum Gasteiger partial charge on any atom is 0.328 e. The van der Waals surface area contributed by atoms with E-state index in [1.807, 2.05) is 0 Å². The Balaban J connectivity index is 0.0000292. The molecule has 0 radical (unpaired) electrons. The van der Waals surface area contributed by atoms with E-state index in [1.54, 1.807) is 20.8 Å².